The van der Waals surface area contributed by atoms with Crippen LogP contribution in [-0.4, -0.2) is 36.2 Å². The SMILES string of the molecule is CC(=O)Nc1cncc(-c2ccc(NC(=O)C(C)(C)c3csc(NS(=O)C4CC4)n3)cc2)n1. The van der Waals surface area contributed by atoms with E-state index < -0.39 is 16.4 Å². The maximum atomic E-state index is 13.0. The van der Waals surface area contributed by atoms with E-state index >= 15 is 0 Å². The van der Waals surface area contributed by atoms with Crippen molar-refractivity contribution < 1.29 is 13.8 Å². The fourth-order valence-corrected chi connectivity index (χ4v) is 5.04. The Morgan fingerprint density at radius 1 is 1.09 bits per heavy atom. The predicted octanol–water partition coefficient (Wildman–Crippen LogP) is 3.71. The lowest BCUT2D eigenvalue weighted by Crippen LogP contribution is -2.35. The molecule has 0 aliphatic heterocycles. The lowest BCUT2D eigenvalue weighted by atomic mass is 9.89. The number of nitrogens with zero attached hydrogens (tertiary/aromatic N) is 3. The third-order valence-electron chi connectivity index (χ3n) is 5.10. The first-order valence-corrected chi connectivity index (χ1v) is 12.5. The Kier molecular flexibility index (Phi) is 6.52. The second-order valence-corrected chi connectivity index (χ2v) is 10.6. The summed E-state index contributed by atoms with van der Waals surface area (Å²) in [5.74, 6) is -0.0543. The van der Waals surface area contributed by atoms with Crippen molar-refractivity contribution in [1.29, 1.82) is 0 Å². The highest BCUT2D eigenvalue weighted by molar-refractivity contribution is 7.87. The van der Waals surface area contributed by atoms with Crippen molar-refractivity contribution in [2.24, 2.45) is 0 Å². The van der Waals surface area contributed by atoms with Gasteiger partial charge in [-0.25, -0.2) is 14.2 Å². The lowest BCUT2D eigenvalue weighted by molar-refractivity contribution is -0.120. The van der Waals surface area contributed by atoms with Crippen LogP contribution in [0.5, 0.6) is 0 Å². The number of hydrogen-bond donors (Lipinski definition) is 3. The van der Waals surface area contributed by atoms with Crippen molar-refractivity contribution >= 4 is 50.8 Å². The zero-order valence-corrected chi connectivity index (χ0v) is 20.0. The van der Waals surface area contributed by atoms with Crippen LogP contribution in [0, 0.1) is 0 Å². The van der Waals surface area contributed by atoms with Crippen LogP contribution >= 0.6 is 11.3 Å². The number of rotatable bonds is 8. The monoisotopic (exact) mass is 484 g/mol. The van der Waals surface area contributed by atoms with Crippen LogP contribution in [0.2, 0.25) is 0 Å². The predicted molar refractivity (Wildman–Crippen MR) is 130 cm³/mol. The van der Waals surface area contributed by atoms with Crippen LogP contribution in [0.1, 0.15) is 39.3 Å². The van der Waals surface area contributed by atoms with Gasteiger partial charge >= 0.3 is 0 Å². The summed E-state index contributed by atoms with van der Waals surface area (Å²) in [6, 6.07) is 7.20. The van der Waals surface area contributed by atoms with Gasteiger partial charge in [0, 0.05) is 23.6 Å². The fourth-order valence-electron chi connectivity index (χ4n) is 2.93. The molecule has 33 heavy (non-hydrogen) atoms. The molecule has 0 radical (unpaired) electrons. The zero-order valence-electron chi connectivity index (χ0n) is 18.4. The van der Waals surface area contributed by atoms with E-state index in [2.05, 4.69) is 30.3 Å². The molecule has 4 rings (SSSR count). The van der Waals surface area contributed by atoms with Gasteiger partial charge in [0.25, 0.3) is 0 Å². The van der Waals surface area contributed by atoms with E-state index in [0.717, 1.165) is 18.4 Å². The van der Waals surface area contributed by atoms with Gasteiger partial charge in [0.1, 0.15) is 11.0 Å². The summed E-state index contributed by atoms with van der Waals surface area (Å²) in [6.45, 7) is 5.01. The zero-order chi connectivity index (χ0) is 23.6. The van der Waals surface area contributed by atoms with Crippen molar-refractivity contribution in [2.75, 3.05) is 15.4 Å². The molecular weight excluding hydrogens is 460 g/mol. The Labute approximate surface area is 198 Å². The summed E-state index contributed by atoms with van der Waals surface area (Å²) >= 11 is 1.34. The normalized spacial score (nSPS) is 14.4. The largest absolute Gasteiger partial charge is 0.325 e. The van der Waals surface area contributed by atoms with E-state index in [1.54, 1.807) is 32.2 Å². The van der Waals surface area contributed by atoms with Crippen molar-refractivity contribution in [3.63, 3.8) is 0 Å². The first-order chi connectivity index (χ1) is 15.7. The maximum absolute atomic E-state index is 13.0. The van der Waals surface area contributed by atoms with Crippen LogP contribution in [0.3, 0.4) is 0 Å². The topological polar surface area (TPSA) is 126 Å². The molecular formula is C22H24N6O3S2. The van der Waals surface area contributed by atoms with Gasteiger partial charge in [-0.05, 0) is 38.8 Å². The molecule has 1 unspecified atom stereocenters. The molecule has 1 aliphatic rings. The third-order valence-corrected chi connectivity index (χ3v) is 7.46. The highest BCUT2D eigenvalue weighted by Crippen LogP contribution is 2.31. The number of benzene rings is 1. The Hall–Kier alpha value is -3.18. The Morgan fingerprint density at radius 2 is 1.82 bits per heavy atom. The molecule has 9 nitrogen and oxygen atoms in total. The molecule has 1 fully saturated rings. The molecule has 172 valence electrons. The van der Waals surface area contributed by atoms with E-state index in [1.165, 1.54) is 24.5 Å². The molecule has 3 N–H and O–H groups in total. The molecule has 2 heterocycles. The fraction of sp³-hybridized carbons (Fsp3) is 0.318. The molecule has 2 aromatic heterocycles. The summed E-state index contributed by atoms with van der Waals surface area (Å²) in [4.78, 5) is 37.2. The molecule has 1 aliphatic carbocycles. The van der Waals surface area contributed by atoms with E-state index in [1.807, 2.05) is 17.5 Å². The number of aromatic nitrogens is 3. The Bertz CT molecular complexity index is 1200. The van der Waals surface area contributed by atoms with Crippen LogP contribution < -0.4 is 15.4 Å². The van der Waals surface area contributed by atoms with Gasteiger partial charge in [0.2, 0.25) is 11.8 Å². The van der Waals surface area contributed by atoms with E-state index in [-0.39, 0.29) is 17.1 Å². The summed E-state index contributed by atoms with van der Waals surface area (Å²) in [7, 11) is -1.12. The highest BCUT2D eigenvalue weighted by Gasteiger charge is 2.33. The number of hydrogen-bond acceptors (Lipinski definition) is 7. The molecule has 11 heteroatoms. The van der Waals surface area contributed by atoms with E-state index in [4.69, 9.17) is 0 Å². The Morgan fingerprint density at radius 3 is 2.48 bits per heavy atom. The average Bonchev–Trinajstić information content (AvgIpc) is 3.53. The van der Waals surface area contributed by atoms with Gasteiger partial charge in [-0.2, -0.15) is 0 Å². The minimum Gasteiger partial charge on any atom is -0.325 e. The molecule has 0 bridgehead atoms. The van der Waals surface area contributed by atoms with Gasteiger partial charge in [0.05, 0.1) is 34.4 Å². The van der Waals surface area contributed by atoms with E-state index in [0.29, 0.717) is 28.0 Å². The first-order valence-electron chi connectivity index (χ1n) is 10.4. The van der Waals surface area contributed by atoms with Crippen LogP contribution in [-0.2, 0) is 26.0 Å². The average molecular weight is 485 g/mol. The first kappa shape index (κ1) is 23.0. The highest BCUT2D eigenvalue weighted by atomic mass is 32.2. The second kappa shape index (κ2) is 9.36. The molecule has 0 spiro atoms. The molecule has 1 saturated carbocycles. The quantitative estimate of drug-likeness (QED) is 0.447. The number of carbonyl (C=O) groups is 2. The molecule has 0 saturated heterocycles. The number of anilines is 3. The van der Waals surface area contributed by atoms with Gasteiger partial charge < -0.3 is 10.6 Å². The van der Waals surface area contributed by atoms with E-state index in [9.17, 15) is 13.8 Å². The third kappa shape index (κ3) is 5.60. The standard InChI is InChI=1S/C22H24N6O3S2/c1-13(29)24-19-11-23-10-17(26-19)14-4-6-15(7-5-14)25-20(30)22(2,3)18-12-32-21(27-18)28-33(31)16-8-9-16/h4-7,10-12,16H,8-9H2,1-3H3,(H,25,30)(H,27,28)(H,24,26,29). The van der Waals surface area contributed by atoms with Crippen LogP contribution in [0.25, 0.3) is 11.3 Å². The lowest BCUT2D eigenvalue weighted by Gasteiger charge is -2.21. The van der Waals surface area contributed by atoms with Crippen molar-refractivity contribution in [1.82, 2.24) is 15.0 Å². The van der Waals surface area contributed by atoms with Crippen molar-refractivity contribution in [3.8, 4) is 11.3 Å². The number of carbonyl (C=O) groups excluding carboxylic acids is 2. The molecule has 3 aromatic rings. The molecule has 1 aromatic carbocycles. The minimum atomic E-state index is -1.12. The van der Waals surface area contributed by atoms with Gasteiger partial charge in [-0.3, -0.25) is 19.3 Å². The number of nitrogens with one attached hydrogen (secondary N) is 3. The molecule has 2 amide bonds. The summed E-state index contributed by atoms with van der Waals surface area (Å²) in [6.07, 6.45) is 5.02. The Balaban J connectivity index is 1.42. The summed E-state index contributed by atoms with van der Waals surface area (Å²) < 4.78 is 15.0. The molecule has 1 atom stereocenters. The van der Waals surface area contributed by atoms with Crippen LogP contribution in [0.4, 0.5) is 16.6 Å². The van der Waals surface area contributed by atoms with Gasteiger partial charge in [0.15, 0.2) is 10.9 Å². The smallest absolute Gasteiger partial charge is 0.236 e. The second-order valence-electron chi connectivity index (χ2n) is 8.26. The summed E-state index contributed by atoms with van der Waals surface area (Å²) in [5.41, 5.74) is 1.76. The van der Waals surface area contributed by atoms with Crippen molar-refractivity contribution in [2.45, 2.75) is 44.3 Å². The summed E-state index contributed by atoms with van der Waals surface area (Å²) in [5, 5.41) is 8.11. The number of amides is 2. The van der Waals surface area contributed by atoms with Gasteiger partial charge in [-0.15, -0.1) is 11.3 Å². The number of thiazole rings is 1. The minimum absolute atomic E-state index is 0.204. The van der Waals surface area contributed by atoms with Crippen LogP contribution in [0.15, 0.2) is 42.0 Å². The van der Waals surface area contributed by atoms with Crippen molar-refractivity contribution in [3.05, 3.63) is 47.7 Å². The van der Waals surface area contributed by atoms with Gasteiger partial charge in [-0.1, -0.05) is 12.1 Å². The maximum Gasteiger partial charge on any atom is 0.236 e.